The standard InChI is InChI=1S/C20H26N2O4S/c1-12-8-14(3)19(15(4)9-12)27(24,25)22-16(5)11-26-18-10-17(20(21)23)7-6-13(18)2/h6-10,16,22H,11H2,1-5H3,(H2,21,23)/t16-/m0/s1. The van der Waals surface area contributed by atoms with E-state index in [1.165, 1.54) is 0 Å². The van der Waals surface area contributed by atoms with E-state index in [1.807, 2.05) is 26.0 Å². The van der Waals surface area contributed by atoms with E-state index in [1.54, 1.807) is 39.0 Å². The van der Waals surface area contributed by atoms with Crippen molar-refractivity contribution < 1.29 is 17.9 Å². The third kappa shape index (κ3) is 5.08. The van der Waals surface area contributed by atoms with Gasteiger partial charge in [0.05, 0.1) is 10.9 Å². The van der Waals surface area contributed by atoms with Crippen LogP contribution in [0.3, 0.4) is 0 Å². The molecule has 0 bridgehead atoms. The Morgan fingerprint density at radius 1 is 1.07 bits per heavy atom. The molecule has 0 fully saturated rings. The summed E-state index contributed by atoms with van der Waals surface area (Å²) < 4.78 is 34.0. The molecule has 0 aliphatic rings. The molecule has 2 rings (SSSR count). The van der Waals surface area contributed by atoms with E-state index >= 15 is 0 Å². The Morgan fingerprint density at radius 3 is 2.22 bits per heavy atom. The molecule has 1 amide bonds. The van der Waals surface area contributed by atoms with Crippen molar-refractivity contribution in [3.63, 3.8) is 0 Å². The first-order chi connectivity index (χ1) is 12.5. The predicted octanol–water partition coefficient (Wildman–Crippen LogP) is 2.76. The number of nitrogens with two attached hydrogens (primary N) is 1. The number of aryl methyl sites for hydroxylation is 4. The van der Waals surface area contributed by atoms with Gasteiger partial charge in [-0.25, -0.2) is 13.1 Å². The van der Waals surface area contributed by atoms with Gasteiger partial charge in [-0.2, -0.15) is 0 Å². The summed E-state index contributed by atoms with van der Waals surface area (Å²) >= 11 is 0. The summed E-state index contributed by atoms with van der Waals surface area (Å²) in [4.78, 5) is 11.6. The summed E-state index contributed by atoms with van der Waals surface area (Å²) in [7, 11) is -3.68. The molecule has 0 aromatic heterocycles. The summed E-state index contributed by atoms with van der Waals surface area (Å²) in [6.45, 7) is 9.19. The van der Waals surface area contributed by atoms with Crippen LogP contribution in [0.25, 0.3) is 0 Å². The smallest absolute Gasteiger partial charge is 0.248 e. The minimum Gasteiger partial charge on any atom is -0.492 e. The number of primary amides is 1. The molecule has 146 valence electrons. The lowest BCUT2D eigenvalue weighted by Gasteiger charge is -2.19. The maximum atomic E-state index is 12.8. The first-order valence-corrected chi connectivity index (χ1v) is 10.1. The van der Waals surface area contributed by atoms with E-state index in [2.05, 4.69) is 4.72 Å². The van der Waals surface area contributed by atoms with E-state index in [0.717, 1.165) is 11.1 Å². The molecule has 0 saturated carbocycles. The molecular formula is C20H26N2O4S. The molecular weight excluding hydrogens is 364 g/mol. The topological polar surface area (TPSA) is 98.5 Å². The second-order valence-corrected chi connectivity index (χ2v) is 8.56. The monoisotopic (exact) mass is 390 g/mol. The van der Waals surface area contributed by atoms with Gasteiger partial charge < -0.3 is 10.5 Å². The molecule has 27 heavy (non-hydrogen) atoms. The molecule has 0 aliphatic carbocycles. The first kappa shape index (κ1) is 20.9. The molecule has 0 saturated heterocycles. The largest absolute Gasteiger partial charge is 0.492 e. The summed E-state index contributed by atoms with van der Waals surface area (Å²) in [5, 5.41) is 0. The predicted molar refractivity (Wildman–Crippen MR) is 106 cm³/mol. The van der Waals surface area contributed by atoms with E-state index in [9.17, 15) is 13.2 Å². The number of sulfonamides is 1. The van der Waals surface area contributed by atoms with Gasteiger partial charge in [0.2, 0.25) is 15.9 Å². The third-order valence-corrected chi connectivity index (χ3v) is 6.09. The van der Waals surface area contributed by atoms with Crippen LogP contribution in [0, 0.1) is 27.7 Å². The van der Waals surface area contributed by atoms with Crippen molar-refractivity contribution in [1.29, 1.82) is 0 Å². The molecule has 2 aromatic carbocycles. The second-order valence-electron chi connectivity index (χ2n) is 6.91. The number of nitrogens with one attached hydrogen (secondary N) is 1. The number of benzene rings is 2. The Balaban J connectivity index is 2.13. The number of carbonyl (C=O) groups is 1. The lowest BCUT2D eigenvalue weighted by atomic mass is 10.1. The first-order valence-electron chi connectivity index (χ1n) is 8.64. The van der Waals surface area contributed by atoms with Crippen LogP contribution >= 0.6 is 0 Å². The van der Waals surface area contributed by atoms with Crippen molar-refractivity contribution in [3.05, 3.63) is 58.1 Å². The Labute approximate surface area is 160 Å². The Morgan fingerprint density at radius 2 is 1.67 bits per heavy atom. The Bertz CT molecular complexity index is 945. The van der Waals surface area contributed by atoms with Gasteiger partial charge in [0.1, 0.15) is 12.4 Å². The quantitative estimate of drug-likeness (QED) is 0.759. The number of carbonyl (C=O) groups excluding carboxylic acids is 1. The molecule has 0 radical (unpaired) electrons. The zero-order valence-electron chi connectivity index (χ0n) is 16.3. The van der Waals surface area contributed by atoms with Crippen LogP contribution < -0.4 is 15.2 Å². The molecule has 0 aliphatic heterocycles. The highest BCUT2D eigenvalue weighted by Crippen LogP contribution is 2.23. The molecule has 2 aromatic rings. The molecule has 1 atom stereocenters. The Kier molecular flexibility index (Phi) is 6.28. The lowest BCUT2D eigenvalue weighted by Crippen LogP contribution is -2.37. The highest BCUT2D eigenvalue weighted by atomic mass is 32.2. The van der Waals surface area contributed by atoms with Crippen LogP contribution in [0.2, 0.25) is 0 Å². The van der Waals surface area contributed by atoms with E-state index in [-0.39, 0.29) is 6.61 Å². The average molecular weight is 391 g/mol. The van der Waals surface area contributed by atoms with Crippen LogP contribution in [0.4, 0.5) is 0 Å². The summed E-state index contributed by atoms with van der Waals surface area (Å²) in [6.07, 6.45) is 0. The summed E-state index contributed by atoms with van der Waals surface area (Å²) in [6, 6.07) is 8.16. The van der Waals surface area contributed by atoms with Crippen LogP contribution in [-0.4, -0.2) is 27.0 Å². The van der Waals surface area contributed by atoms with Gasteiger partial charge in [-0.3, -0.25) is 4.79 Å². The molecule has 0 heterocycles. The molecule has 7 heteroatoms. The van der Waals surface area contributed by atoms with Crippen LogP contribution in [0.5, 0.6) is 5.75 Å². The van der Waals surface area contributed by atoms with Gasteiger partial charge in [-0.1, -0.05) is 23.8 Å². The van der Waals surface area contributed by atoms with Crippen molar-refractivity contribution >= 4 is 15.9 Å². The normalized spacial score (nSPS) is 12.6. The minimum absolute atomic E-state index is 0.117. The van der Waals surface area contributed by atoms with Gasteiger partial charge >= 0.3 is 0 Å². The number of ether oxygens (including phenoxy) is 1. The van der Waals surface area contributed by atoms with Crippen LogP contribution in [0.15, 0.2) is 35.2 Å². The molecule has 6 nitrogen and oxygen atoms in total. The maximum absolute atomic E-state index is 12.8. The number of hydrogen-bond donors (Lipinski definition) is 2. The molecule has 3 N–H and O–H groups in total. The Hall–Kier alpha value is -2.38. The minimum atomic E-state index is -3.68. The van der Waals surface area contributed by atoms with Crippen LogP contribution in [0.1, 0.15) is 39.5 Å². The van der Waals surface area contributed by atoms with E-state index < -0.39 is 22.0 Å². The van der Waals surface area contributed by atoms with Gasteiger partial charge in [-0.05, 0) is 63.4 Å². The van der Waals surface area contributed by atoms with E-state index in [4.69, 9.17) is 10.5 Å². The fourth-order valence-corrected chi connectivity index (χ4v) is 4.75. The highest BCUT2D eigenvalue weighted by molar-refractivity contribution is 7.89. The zero-order valence-corrected chi connectivity index (χ0v) is 17.1. The van der Waals surface area contributed by atoms with Crippen LogP contribution in [-0.2, 0) is 10.0 Å². The van der Waals surface area contributed by atoms with Crippen molar-refractivity contribution in [2.75, 3.05) is 6.61 Å². The number of amides is 1. The van der Waals surface area contributed by atoms with Crippen molar-refractivity contribution in [2.24, 2.45) is 5.73 Å². The average Bonchev–Trinajstić information content (AvgIpc) is 2.51. The van der Waals surface area contributed by atoms with E-state index in [0.29, 0.717) is 27.3 Å². The number of rotatable bonds is 7. The summed E-state index contributed by atoms with van der Waals surface area (Å²) in [5.74, 6) is -0.0426. The third-order valence-electron chi connectivity index (χ3n) is 4.19. The molecule has 0 unspecified atom stereocenters. The number of hydrogen-bond acceptors (Lipinski definition) is 4. The lowest BCUT2D eigenvalue weighted by molar-refractivity contribution is 0.1000. The zero-order chi connectivity index (χ0) is 20.4. The van der Waals surface area contributed by atoms with Crippen molar-refractivity contribution in [3.8, 4) is 5.75 Å². The maximum Gasteiger partial charge on any atom is 0.248 e. The highest BCUT2D eigenvalue weighted by Gasteiger charge is 2.22. The summed E-state index contributed by atoms with van der Waals surface area (Å²) in [5.41, 5.74) is 8.90. The fraction of sp³-hybridized carbons (Fsp3) is 0.350. The van der Waals surface area contributed by atoms with Crippen molar-refractivity contribution in [1.82, 2.24) is 4.72 Å². The van der Waals surface area contributed by atoms with Gasteiger partial charge in [0.25, 0.3) is 0 Å². The van der Waals surface area contributed by atoms with Crippen molar-refractivity contribution in [2.45, 2.75) is 45.6 Å². The van der Waals surface area contributed by atoms with Gasteiger partial charge in [0, 0.05) is 5.56 Å². The SMILES string of the molecule is Cc1cc(C)c(S(=O)(=O)N[C@@H](C)COc2cc(C(N)=O)ccc2C)c(C)c1. The second kappa shape index (κ2) is 8.10. The molecule has 0 spiro atoms. The van der Waals surface area contributed by atoms with Gasteiger partial charge in [0.15, 0.2) is 0 Å². The van der Waals surface area contributed by atoms with Gasteiger partial charge in [-0.15, -0.1) is 0 Å². The fourth-order valence-electron chi connectivity index (χ4n) is 3.07.